The summed E-state index contributed by atoms with van der Waals surface area (Å²) in [4.78, 5) is 5.60. The number of hydrogen-bond donors (Lipinski definition) is 4. The molecule has 29 heavy (non-hydrogen) atoms. The largest absolute Gasteiger partial charge is 0.358 e. The lowest BCUT2D eigenvalue weighted by atomic mass is 10.2. The Balaban J connectivity index is 0.000000755. The average molecular weight is 470 g/mol. The molecule has 9 heteroatoms. The molecule has 0 amide bonds. The van der Waals surface area contributed by atoms with E-state index in [1.165, 1.54) is 4.90 Å². The molecular weight excluding hydrogens is 445 g/mol. The number of fused-ring (bicyclic) bond motifs is 1. The molecule has 0 atom stereocenters. The van der Waals surface area contributed by atoms with Gasteiger partial charge in [0.15, 0.2) is 0 Å². The Morgan fingerprint density at radius 3 is 2.38 bits per heavy atom. The lowest BCUT2D eigenvalue weighted by Crippen LogP contribution is -2.39. The summed E-state index contributed by atoms with van der Waals surface area (Å²) < 4.78 is 5.79. The zero-order valence-electron chi connectivity index (χ0n) is 16.2. The van der Waals surface area contributed by atoms with Crippen LogP contribution < -0.4 is 15.8 Å². The van der Waals surface area contributed by atoms with Crippen molar-refractivity contribution in [2.45, 2.75) is 16.7 Å². The van der Waals surface area contributed by atoms with E-state index in [0.29, 0.717) is 10.0 Å². The Kier molecular flexibility index (Phi) is 8.86. The fraction of sp³-hybridized carbons (Fsp3) is 0.300. The van der Waals surface area contributed by atoms with Gasteiger partial charge in [-0.15, -0.1) is 0 Å². The van der Waals surface area contributed by atoms with Crippen molar-refractivity contribution in [3.8, 4) is 0 Å². The number of aromatic amines is 1. The second-order valence-electron chi connectivity index (χ2n) is 6.34. The first-order valence-electron chi connectivity index (χ1n) is 9.44. The van der Waals surface area contributed by atoms with Crippen LogP contribution in [0.4, 0.5) is 5.69 Å². The number of piperazine rings is 1. The van der Waals surface area contributed by atoms with Gasteiger partial charge < -0.3 is 20.8 Å². The summed E-state index contributed by atoms with van der Waals surface area (Å²) in [5.41, 5.74) is 6.72. The summed E-state index contributed by atoms with van der Waals surface area (Å²) in [7, 11) is 0. The van der Waals surface area contributed by atoms with Crippen LogP contribution in [0.5, 0.6) is 0 Å². The van der Waals surface area contributed by atoms with E-state index in [1.807, 2.05) is 31.0 Å². The molecule has 0 saturated carbocycles. The molecular formula is C20H25Cl2N5S2. The van der Waals surface area contributed by atoms with E-state index >= 15 is 0 Å². The summed E-state index contributed by atoms with van der Waals surface area (Å²) >= 11 is 15.8. The zero-order valence-corrected chi connectivity index (χ0v) is 19.3. The summed E-state index contributed by atoms with van der Waals surface area (Å²) in [5.74, 6) is 0. The predicted octanol–water partition coefficient (Wildman–Crippen LogP) is 5.47. The number of aromatic nitrogens is 1. The third-order valence-corrected chi connectivity index (χ3v) is 6.70. The molecule has 2 heterocycles. The third-order valence-electron chi connectivity index (χ3n) is 4.15. The minimum absolute atomic E-state index is 0.632. The molecule has 1 aliphatic rings. The molecule has 1 aromatic heterocycles. The number of H-pyrrole nitrogens is 1. The van der Waals surface area contributed by atoms with E-state index in [-0.39, 0.29) is 0 Å². The van der Waals surface area contributed by atoms with Crippen molar-refractivity contribution in [2.75, 3.05) is 37.4 Å². The Bertz CT molecular complexity index is 911. The molecule has 1 fully saturated rings. The molecule has 1 aliphatic heterocycles. The molecule has 156 valence electrons. The number of anilines is 1. The molecule has 0 unspecified atom stereocenters. The van der Waals surface area contributed by atoms with Crippen molar-refractivity contribution in [3.63, 3.8) is 0 Å². The average Bonchev–Trinajstić information content (AvgIpc) is 3.13. The van der Waals surface area contributed by atoms with Crippen molar-refractivity contribution in [2.24, 2.45) is 5.73 Å². The van der Waals surface area contributed by atoms with Crippen LogP contribution in [0.25, 0.3) is 10.9 Å². The lowest BCUT2D eigenvalue weighted by Gasteiger charge is -2.25. The second kappa shape index (κ2) is 11.4. The van der Waals surface area contributed by atoms with Crippen LogP contribution in [0.2, 0.25) is 10.0 Å². The minimum atomic E-state index is 0.632. The third kappa shape index (κ3) is 6.21. The van der Waals surface area contributed by atoms with E-state index in [1.54, 1.807) is 18.1 Å². The minimum Gasteiger partial charge on any atom is -0.358 e. The van der Waals surface area contributed by atoms with Gasteiger partial charge in [0.05, 0.1) is 21.2 Å². The van der Waals surface area contributed by atoms with Crippen LogP contribution in [0.1, 0.15) is 6.92 Å². The Hall–Kier alpha value is -1.06. The van der Waals surface area contributed by atoms with Gasteiger partial charge in [0.1, 0.15) is 0 Å². The predicted molar refractivity (Wildman–Crippen MR) is 129 cm³/mol. The normalized spacial score (nSPS) is 14.5. The Morgan fingerprint density at radius 2 is 1.69 bits per heavy atom. The molecule has 0 aliphatic carbocycles. The zero-order chi connectivity index (χ0) is 20.6. The van der Waals surface area contributed by atoms with E-state index in [2.05, 4.69) is 43.6 Å². The molecule has 4 rings (SSSR count). The number of nitrogens with two attached hydrogens (primary N) is 1. The highest BCUT2D eigenvalue weighted by Crippen LogP contribution is 2.36. The lowest BCUT2D eigenvalue weighted by molar-refractivity contribution is 0.396. The number of halogens is 2. The van der Waals surface area contributed by atoms with Crippen LogP contribution in [-0.4, -0.2) is 42.0 Å². The topological polar surface area (TPSA) is 69.1 Å². The van der Waals surface area contributed by atoms with Crippen molar-refractivity contribution in [1.29, 1.82) is 0 Å². The van der Waals surface area contributed by atoms with Gasteiger partial charge in [-0.1, -0.05) is 30.1 Å². The quantitative estimate of drug-likeness (QED) is 0.371. The van der Waals surface area contributed by atoms with Crippen molar-refractivity contribution < 1.29 is 0 Å². The molecule has 5 N–H and O–H groups in total. The van der Waals surface area contributed by atoms with E-state index in [9.17, 15) is 0 Å². The number of benzene rings is 2. The van der Waals surface area contributed by atoms with Gasteiger partial charge in [0, 0.05) is 47.6 Å². The monoisotopic (exact) mass is 469 g/mol. The first-order chi connectivity index (χ1) is 14.1. The number of hydrogen-bond acceptors (Lipinski definition) is 6. The molecule has 1 saturated heterocycles. The highest BCUT2D eigenvalue weighted by Gasteiger charge is 2.12. The summed E-state index contributed by atoms with van der Waals surface area (Å²) in [5, 5.41) is 5.50. The van der Waals surface area contributed by atoms with Crippen LogP contribution in [0, 0.1) is 0 Å². The molecule has 0 bridgehead atoms. The van der Waals surface area contributed by atoms with Crippen LogP contribution in [0.3, 0.4) is 0 Å². The Morgan fingerprint density at radius 1 is 1.03 bits per heavy atom. The van der Waals surface area contributed by atoms with Gasteiger partial charge in [-0.25, -0.2) is 4.31 Å². The van der Waals surface area contributed by atoms with Crippen LogP contribution in [-0.2, 0) is 0 Å². The standard InChI is InChI=1S/C18H18Cl2N4S2.C2H7N/c19-14-5-6-16(18-17(14)15(20)11-22-18)23-25-12-1-3-13(4-2-12)26-24-9-7-21-8-10-24;1-2-3/h1-6,11,21-23H,7-10H2;2-3H2,1H3. The van der Waals surface area contributed by atoms with E-state index < -0.39 is 0 Å². The van der Waals surface area contributed by atoms with E-state index in [4.69, 9.17) is 28.9 Å². The van der Waals surface area contributed by atoms with Gasteiger partial charge in [0.25, 0.3) is 0 Å². The maximum absolute atomic E-state index is 6.24. The molecule has 3 aromatic rings. The molecule has 0 spiro atoms. The van der Waals surface area contributed by atoms with Gasteiger partial charge >= 0.3 is 0 Å². The van der Waals surface area contributed by atoms with Crippen molar-refractivity contribution >= 4 is 63.7 Å². The van der Waals surface area contributed by atoms with Crippen LogP contribution in [0.15, 0.2) is 52.4 Å². The maximum atomic E-state index is 6.24. The second-order valence-corrected chi connectivity index (χ2v) is 9.20. The van der Waals surface area contributed by atoms with Gasteiger partial charge in [-0.2, -0.15) is 0 Å². The van der Waals surface area contributed by atoms with Gasteiger partial charge in [-0.05, 0) is 66.8 Å². The summed E-state index contributed by atoms with van der Waals surface area (Å²) in [6.45, 7) is 6.92. The Labute approximate surface area is 190 Å². The molecule has 2 aromatic carbocycles. The smallest absolute Gasteiger partial charge is 0.0728 e. The molecule has 0 radical (unpaired) electrons. The summed E-state index contributed by atoms with van der Waals surface area (Å²) in [6, 6.07) is 12.4. The number of nitrogens with one attached hydrogen (secondary N) is 3. The maximum Gasteiger partial charge on any atom is 0.0728 e. The SMILES string of the molecule is CCN.Clc1ccc(NSc2ccc(SN3CCNCC3)cc2)c2[nH]cc(Cl)c12. The van der Waals surface area contributed by atoms with Gasteiger partial charge in [-0.3, -0.25) is 0 Å². The fourth-order valence-electron chi connectivity index (χ4n) is 2.82. The highest BCUT2D eigenvalue weighted by atomic mass is 35.5. The number of rotatable bonds is 5. The molecule has 5 nitrogen and oxygen atoms in total. The first-order valence-corrected chi connectivity index (χ1v) is 11.8. The van der Waals surface area contributed by atoms with E-state index in [0.717, 1.165) is 54.2 Å². The summed E-state index contributed by atoms with van der Waals surface area (Å²) in [6.07, 6.45) is 1.76. The van der Waals surface area contributed by atoms with Crippen molar-refractivity contribution in [1.82, 2.24) is 14.6 Å². The fourth-order valence-corrected chi connectivity index (χ4v) is 4.97. The first kappa shape index (κ1) is 22.6. The van der Waals surface area contributed by atoms with Crippen LogP contribution >= 0.6 is 47.1 Å². The number of nitrogens with zero attached hydrogens (tertiary/aromatic N) is 1. The van der Waals surface area contributed by atoms with Gasteiger partial charge in [0.2, 0.25) is 0 Å². The highest BCUT2D eigenvalue weighted by molar-refractivity contribution is 8.00. The van der Waals surface area contributed by atoms with Crippen molar-refractivity contribution in [3.05, 3.63) is 52.6 Å².